The first-order valence-corrected chi connectivity index (χ1v) is 6.89. The van der Waals surface area contributed by atoms with Gasteiger partial charge in [0, 0.05) is 43.1 Å². The van der Waals surface area contributed by atoms with E-state index in [9.17, 15) is 10.1 Å². The molecule has 5 nitrogen and oxygen atoms in total. The van der Waals surface area contributed by atoms with Crippen LogP contribution in [0.15, 0.2) is 18.2 Å². The largest absolute Gasteiger partial charge is 0.388 e. The standard InChI is InChI=1S/C14H21N3O2/c1-3-16(12-6-4-5-7-12)13-8-11(15-2)9-14(10-13)17(18)19/h8-10,12,15H,3-7H2,1-2H3. The number of hydrogen-bond donors (Lipinski definition) is 1. The second-order valence-corrected chi connectivity index (χ2v) is 4.97. The van der Waals surface area contributed by atoms with Gasteiger partial charge in [0.2, 0.25) is 0 Å². The Kier molecular flexibility index (Phi) is 4.24. The summed E-state index contributed by atoms with van der Waals surface area (Å²) in [5, 5.41) is 14.0. The maximum Gasteiger partial charge on any atom is 0.273 e. The summed E-state index contributed by atoms with van der Waals surface area (Å²) in [6, 6.07) is 5.78. The Morgan fingerprint density at radius 1 is 1.37 bits per heavy atom. The van der Waals surface area contributed by atoms with Gasteiger partial charge in [0.05, 0.1) is 4.92 Å². The molecular formula is C14H21N3O2. The highest BCUT2D eigenvalue weighted by Gasteiger charge is 2.23. The topological polar surface area (TPSA) is 58.4 Å². The zero-order valence-corrected chi connectivity index (χ0v) is 11.6. The van der Waals surface area contributed by atoms with Gasteiger partial charge in [-0.3, -0.25) is 10.1 Å². The van der Waals surface area contributed by atoms with Crippen LogP contribution in [0.3, 0.4) is 0 Å². The molecule has 0 unspecified atom stereocenters. The molecule has 0 spiro atoms. The summed E-state index contributed by atoms with van der Waals surface area (Å²) in [4.78, 5) is 13.0. The summed E-state index contributed by atoms with van der Waals surface area (Å²) in [7, 11) is 1.79. The highest BCUT2D eigenvalue weighted by atomic mass is 16.6. The summed E-state index contributed by atoms with van der Waals surface area (Å²) < 4.78 is 0. The van der Waals surface area contributed by atoms with E-state index >= 15 is 0 Å². The van der Waals surface area contributed by atoms with Gasteiger partial charge in [-0.25, -0.2) is 0 Å². The van der Waals surface area contributed by atoms with E-state index in [0.29, 0.717) is 6.04 Å². The van der Waals surface area contributed by atoms with Crippen molar-refractivity contribution in [1.82, 2.24) is 0 Å². The van der Waals surface area contributed by atoms with Crippen LogP contribution in [-0.4, -0.2) is 24.6 Å². The molecule has 1 aromatic carbocycles. The fraction of sp³-hybridized carbons (Fsp3) is 0.571. The summed E-state index contributed by atoms with van der Waals surface area (Å²) in [6.07, 6.45) is 4.89. The fourth-order valence-corrected chi connectivity index (χ4v) is 2.88. The van der Waals surface area contributed by atoms with Gasteiger partial charge in [-0.2, -0.15) is 0 Å². The molecule has 0 aromatic heterocycles. The molecular weight excluding hydrogens is 242 g/mol. The lowest BCUT2D eigenvalue weighted by atomic mass is 10.1. The number of non-ortho nitro benzene ring substituents is 1. The summed E-state index contributed by atoms with van der Waals surface area (Å²) in [5.74, 6) is 0. The predicted molar refractivity (Wildman–Crippen MR) is 77.9 cm³/mol. The lowest BCUT2D eigenvalue weighted by molar-refractivity contribution is -0.384. The summed E-state index contributed by atoms with van der Waals surface area (Å²) in [5.41, 5.74) is 1.90. The smallest absolute Gasteiger partial charge is 0.273 e. The van der Waals surface area contributed by atoms with Crippen molar-refractivity contribution in [2.75, 3.05) is 23.8 Å². The van der Waals surface area contributed by atoms with Gasteiger partial charge >= 0.3 is 0 Å². The van der Waals surface area contributed by atoms with Crippen LogP contribution in [0.4, 0.5) is 17.1 Å². The third-order valence-corrected chi connectivity index (χ3v) is 3.84. The van der Waals surface area contributed by atoms with Gasteiger partial charge in [0.25, 0.3) is 5.69 Å². The van der Waals surface area contributed by atoms with Crippen LogP contribution in [0, 0.1) is 10.1 Å². The number of nitro benzene ring substituents is 1. The molecule has 1 aromatic rings. The summed E-state index contributed by atoms with van der Waals surface area (Å²) in [6.45, 7) is 2.99. The SMILES string of the molecule is CCN(c1cc(NC)cc([N+](=O)[O-])c1)C1CCCC1. The van der Waals surface area contributed by atoms with E-state index in [0.717, 1.165) is 17.9 Å². The van der Waals surface area contributed by atoms with Gasteiger partial charge in [-0.05, 0) is 25.8 Å². The molecule has 1 saturated carbocycles. The van der Waals surface area contributed by atoms with E-state index in [1.54, 1.807) is 19.2 Å². The minimum atomic E-state index is -0.327. The van der Waals surface area contributed by atoms with E-state index in [1.165, 1.54) is 25.7 Å². The molecule has 1 fully saturated rings. The Hall–Kier alpha value is -1.78. The molecule has 0 heterocycles. The number of rotatable bonds is 5. The lowest BCUT2D eigenvalue weighted by Crippen LogP contribution is -2.33. The molecule has 0 saturated heterocycles. The van der Waals surface area contributed by atoms with Gasteiger partial charge in [-0.1, -0.05) is 12.8 Å². The molecule has 104 valence electrons. The summed E-state index contributed by atoms with van der Waals surface area (Å²) >= 11 is 0. The average Bonchev–Trinajstić information content (AvgIpc) is 2.93. The molecule has 1 N–H and O–H groups in total. The van der Waals surface area contributed by atoms with Crippen LogP contribution in [0.2, 0.25) is 0 Å². The Morgan fingerprint density at radius 2 is 2.05 bits per heavy atom. The van der Waals surface area contributed by atoms with Crippen LogP contribution in [0.1, 0.15) is 32.6 Å². The van der Waals surface area contributed by atoms with Crippen molar-refractivity contribution in [2.24, 2.45) is 0 Å². The van der Waals surface area contributed by atoms with E-state index in [4.69, 9.17) is 0 Å². The van der Waals surface area contributed by atoms with E-state index in [1.807, 2.05) is 6.07 Å². The van der Waals surface area contributed by atoms with Crippen molar-refractivity contribution in [3.63, 3.8) is 0 Å². The second-order valence-electron chi connectivity index (χ2n) is 4.97. The van der Waals surface area contributed by atoms with Crippen LogP contribution in [-0.2, 0) is 0 Å². The van der Waals surface area contributed by atoms with Crippen molar-refractivity contribution >= 4 is 17.1 Å². The van der Waals surface area contributed by atoms with Crippen LogP contribution in [0.5, 0.6) is 0 Å². The van der Waals surface area contributed by atoms with Crippen molar-refractivity contribution in [3.05, 3.63) is 28.3 Å². The maximum absolute atomic E-state index is 11.0. The number of nitro groups is 1. The normalized spacial score (nSPS) is 15.5. The molecule has 1 aliphatic rings. The zero-order valence-electron chi connectivity index (χ0n) is 11.6. The monoisotopic (exact) mass is 263 g/mol. The van der Waals surface area contributed by atoms with Crippen molar-refractivity contribution in [3.8, 4) is 0 Å². The number of benzene rings is 1. The van der Waals surface area contributed by atoms with Crippen molar-refractivity contribution in [1.29, 1.82) is 0 Å². The molecule has 5 heteroatoms. The molecule has 0 atom stereocenters. The van der Waals surface area contributed by atoms with Crippen molar-refractivity contribution in [2.45, 2.75) is 38.6 Å². The quantitative estimate of drug-likeness (QED) is 0.653. The Morgan fingerprint density at radius 3 is 2.58 bits per heavy atom. The molecule has 0 aliphatic heterocycles. The van der Waals surface area contributed by atoms with Crippen LogP contribution in [0.25, 0.3) is 0 Å². The second kappa shape index (κ2) is 5.91. The Labute approximate surface area is 113 Å². The van der Waals surface area contributed by atoms with Crippen LogP contribution < -0.4 is 10.2 Å². The van der Waals surface area contributed by atoms with Gasteiger partial charge in [0.15, 0.2) is 0 Å². The Balaban J connectivity index is 2.35. The lowest BCUT2D eigenvalue weighted by Gasteiger charge is -2.30. The van der Waals surface area contributed by atoms with Gasteiger partial charge in [0.1, 0.15) is 0 Å². The first-order chi connectivity index (χ1) is 9.15. The number of hydrogen-bond acceptors (Lipinski definition) is 4. The molecule has 0 radical (unpaired) electrons. The third kappa shape index (κ3) is 2.97. The van der Waals surface area contributed by atoms with Crippen molar-refractivity contribution < 1.29 is 4.92 Å². The number of nitrogens with zero attached hydrogens (tertiary/aromatic N) is 2. The maximum atomic E-state index is 11.0. The van der Waals surface area contributed by atoms with E-state index in [-0.39, 0.29) is 10.6 Å². The molecule has 2 rings (SSSR count). The van der Waals surface area contributed by atoms with Gasteiger partial charge < -0.3 is 10.2 Å². The molecule has 1 aliphatic carbocycles. The molecule has 0 bridgehead atoms. The minimum absolute atomic E-state index is 0.151. The number of anilines is 2. The predicted octanol–water partition coefficient (Wildman–Crippen LogP) is 3.41. The molecule has 19 heavy (non-hydrogen) atoms. The highest BCUT2D eigenvalue weighted by molar-refractivity contribution is 5.64. The van der Waals surface area contributed by atoms with E-state index in [2.05, 4.69) is 17.1 Å². The number of nitrogens with one attached hydrogen (secondary N) is 1. The first-order valence-electron chi connectivity index (χ1n) is 6.89. The highest BCUT2D eigenvalue weighted by Crippen LogP contribution is 2.32. The Bertz CT molecular complexity index is 456. The van der Waals surface area contributed by atoms with Gasteiger partial charge in [-0.15, -0.1) is 0 Å². The van der Waals surface area contributed by atoms with E-state index < -0.39 is 0 Å². The average molecular weight is 263 g/mol. The zero-order chi connectivity index (χ0) is 13.8. The molecule has 0 amide bonds. The first kappa shape index (κ1) is 13.6. The fourth-order valence-electron chi connectivity index (χ4n) is 2.88. The third-order valence-electron chi connectivity index (χ3n) is 3.84. The van der Waals surface area contributed by atoms with Crippen LogP contribution >= 0.6 is 0 Å². The minimum Gasteiger partial charge on any atom is -0.388 e.